The van der Waals surface area contributed by atoms with Crippen molar-refractivity contribution in [3.05, 3.63) is 0 Å². The molecule has 4 atom stereocenters. The number of nitrogens with one attached hydrogen (secondary N) is 2. The average Bonchev–Trinajstić information content (AvgIpc) is 2.22. The van der Waals surface area contributed by atoms with Crippen molar-refractivity contribution >= 4 is 5.91 Å². The van der Waals surface area contributed by atoms with Crippen molar-refractivity contribution in [2.75, 3.05) is 7.05 Å². The topological polar surface area (TPSA) is 41.1 Å². The smallest absolute Gasteiger partial charge is 0.236 e. The number of likely N-dealkylation sites (N-methyl/N-ethyl adjacent to an activating group) is 1. The third-order valence-corrected chi connectivity index (χ3v) is 3.72. The SMILES string of the molecule is CNC(=O)[C@@H](C)NC1CCC(C)C(C)C1. The van der Waals surface area contributed by atoms with Gasteiger partial charge in [0.1, 0.15) is 0 Å². The lowest BCUT2D eigenvalue weighted by molar-refractivity contribution is -0.122. The summed E-state index contributed by atoms with van der Waals surface area (Å²) in [6.07, 6.45) is 3.68. The third-order valence-electron chi connectivity index (χ3n) is 3.72. The van der Waals surface area contributed by atoms with Gasteiger partial charge in [0.2, 0.25) is 5.91 Å². The zero-order chi connectivity index (χ0) is 11.4. The van der Waals surface area contributed by atoms with E-state index in [4.69, 9.17) is 0 Å². The van der Waals surface area contributed by atoms with Crippen molar-refractivity contribution in [1.29, 1.82) is 0 Å². The Balaban J connectivity index is 2.36. The van der Waals surface area contributed by atoms with Crippen molar-refractivity contribution in [2.45, 2.75) is 52.1 Å². The number of hydrogen-bond acceptors (Lipinski definition) is 2. The van der Waals surface area contributed by atoms with E-state index in [-0.39, 0.29) is 11.9 Å². The summed E-state index contributed by atoms with van der Waals surface area (Å²) in [5.74, 6) is 1.69. The van der Waals surface area contributed by atoms with E-state index in [2.05, 4.69) is 24.5 Å². The Morgan fingerprint density at radius 3 is 2.47 bits per heavy atom. The molecule has 0 aromatic rings. The van der Waals surface area contributed by atoms with Crippen LogP contribution < -0.4 is 10.6 Å². The van der Waals surface area contributed by atoms with Crippen LogP contribution in [0.2, 0.25) is 0 Å². The molecular formula is C12H24N2O. The van der Waals surface area contributed by atoms with Gasteiger partial charge in [-0.05, 0) is 38.0 Å². The summed E-state index contributed by atoms with van der Waals surface area (Å²) in [6, 6.07) is 0.448. The van der Waals surface area contributed by atoms with E-state index in [0.717, 1.165) is 11.8 Å². The molecule has 1 saturated carbocycles. The van der Waals surface area contributed by atoms with E-state index >= 15 is 0 Å². The van der Waals surface area contributed by atoms with Crippen LogP contribution in [0.1, 0.15) is 40.0 Å². The number of hydrogen-bond donors (Lipinski definition) is 2. The van der Waals surface area contributed by atoms with Crippen LogP contribution in [0.25, 0.3) is 0 Å². The van der Waals surface area contributed by atoms with Gasteiger partial charge in [-0.1, -0.05) is 13.8 Å². The van der Waals surface area contributed by atoms with Crippen molar-refractivity contribution in [3.63, 3.8) is 0 Å². The Hall–Kier alpha value is -0.570. The van der Waals surface area contributed by atoms with Crippen molar-refractivity contribution in [1.82, 2.24) is 10.6 Å². The zero-order valence-electron chi connectivity index (χ0n) is 10.3. The molecule has 88 valence electrons. The molecule has 3 unspecified atom stereocenters. The van der Waals surface area contributed by atoms with Crippen molar-refractivity contribution in [2.24, 2.45) is 11.8 Å². The van der Waals surface area contributed by atoms with Gasteiger partial charge in [0, 0.05) is 13.1 Å². The molecule has 15 heavy (non-hydrogen) atoms. The predicted octanol–water partition coefficient (Wildman–Crippen LogP) is 1.54. The van der Waals surface area contributed by atoms with E-state index in [1.165, 1.54) is 19.3 Å². The van der Waals surface area contributed by atoms with E-state index in [9.17, 15) is 4.79 Å². The molecular weight excluding hydrogens is 188 g/mol. The van der Waals surface area contributed by atoms with Gasteiger partial charge in [-0.15, -0.1) is 0 Å². The quantitative estimate of drug-likeness (QED) is 0.745. The maximum Gasteiger partial charge on any atom is 0.236 e. The van der Waals surface area contributed by atoms with Crippen LogP contribution in [-0.4, -0.2) is 25.0 Å². The highest BCUT2D eigenvalue weighted by Crippen LogP contribution is 2.29. The fourth-order valence-electron chi connectivity index (χ4n) is 2.34. The number of carbonyl (C=O) groups excluding carboxylic acids is 1. The maximum atomic E-state index is 11.4. The van der Waals surface area contributed by atoms with Gasteiger partial charge in [-0.25, -0.2) is 0 Å². The van der Waals surface area contributed by atoms with E-state index in [0.29, 0.717) is 6.04 Å². The molecule has 0 aromatic carbocycles. The highest BCUT2D eigenvalue weighted by atomic mass is 16.2. The van der Waals surface area contributed by atoms with Gasteiger partial charge < -0.3 is 10.6 Å². The monoisotopic (exact) mass is 212 g/mol. The molecule has 1 aliphatic rings. The van der Waals surface area contributed by atoms with Crippen LogP contribution in [0.15, 0.2) is 0 Å². The van der Waals surface area contributed by atoms with Gasteiger partial charge >= 0.3 is 0 Å². The Kier molecular flexibility index (Phi) is 4.58. The standard InChI is InChI=1S/C12H24N2O/c1-8-5-6-11(7-9(8)2)14-10(3)12(15)13-4/h8-11,14H,5-7H2,1-4H3,(H,13,15)/t8?,9?,10-,11?/m1/s1. The molecule has 2 N–H and O–H groups in total. The summed E-state index contributed by atoms with van der Waals surface area (Å²) in [5, 5.41) is 6.08. The van der Waals surface area contributed by atoms with Crippen LogP contribution in [0.3, 0.4) is 0 Å². The minimum Gasteiger partial charge on any atom is -0.358 e. The molecule has 0 radical (unpaired) electrons. The molecule has 3 heteroatoms. The first-order valence-corrected chi connectivity index (χ1v) is 6.02. The normalized spacial score (nSPS) is 33.5. The summed E-state index contributed by atoms with van der Waals surface area (Å²) >= 11 is 0. The maximum absolute atomic E-state index is 11.4. The molecule has 1 amide bonds. The van der Waals surface area contributed by atoms with Gasteiger partial charge in [-0.3, -0.25) is 4.79 Å². The summed E-state index contributed by atoms with van der Waals surface area (Å²) < 4.78 is 0. The molecule has 3 nitrogen and oxygen atoms in total. The van der Waals surface area contributed by atoms with Gasteiger partial charge in [0.15, 0.2) is 0 Å². The summed E-state index contributed by atoms with van der Waals surface area (Å²) in [4.78, 5) is 11.4. The fourth-order valence-corrected chi connectivity index (χ4v) is 2.34. The highest BCUT2D eigenvalue weighted by Gasteiger charge is 2.26. The second-order valence-electron chi connectivity index (χ2n) is 4.97. The number of rotatable bonds is 3. The summed E-state index contributed by atoms with van der Waals surface area (Å²) in [7, 11) is 1.69. The van der Waals surface area contributed by atoms with Crippen LogP contribution in [0.4, 0.5) is 0 Å². The second kappa shape index (κ2) is 5.50. The van der Waals surface area contributed by atoms with E-state index in [1.807, 2.05) is 6.92 Å². The Morgan fingerprint density at radius 2 is 1.93 bits per heavy atom. The Bertz CT molecular complexity index is 218. The van der Waals surface area contributed by atoms with E-state index < -0.39 is 0 Å². The Morgan fingerprint density at radius 1 is 1.27 bits per heavy atom. The molecule has 0 bridgehead atoms. The lowest BCUT2D eigenvalue weighted by Crippen LogP contribution is -2.47. The molecule has 0 aliphatic heterocycles. The highest BCUT2D eigenvalue weighted by molar-refractivity contribution is 5.80. The first kappa shape index (κ1) is 12.5. The number of amides is 1. The van der Waals surface area contributed by atoms with Crippen molar-refractivity contribution in [3.8, 4) is 0 Å². The van der Waals surface area contributed by atoms with Crippen LogP contribution >= 0.6 is 0 Å². The van der Waals surface area contributed by atoms with Crippen LogP contribution in [0.5, 0.6) is 0 Å². The molecule has 0 spiro atoms. The van der Waals surface area contributed by atoms with Crippen LogP contribution in [0, 0.1) is 11.8 Å². The zero-order valence-corrected chi connectivity index (χ0v) is 10.3. The number of carbonyl (C=O) groups is 1. The van der Waals surface area contributed by atoms with Gasteiger partial charge in [-0.2, -0.15) is 0 Å². The molecule has 1 aliphatic carbocycles. The molecule has 0 heterocycles. The Labute approximate surface area is 93.0 Å². The lowest BCUT2D eigenvalue weighted by atomic mass is 9.79. The van der Waals surface area contributed by atoms with Gasteiger partial charge in [0.05, 0.1) is 6.04 Å². The lowest BCUT2D eigenvalue weighted by Gasteiger charge is -2.33. The summed E-state index contributed by atoms with van der Waals surface area (Å²) in [6.45, 7) is 6.56. The first-order chi connectivity index (χ1) is 7.04. The predicted molar refractivity (Wildman–Crippen MR) is 62.6 cm³/mol. The van der Waals surface area contributed by atoms with E-state index in [1.54, 1.807) is 7.05 Å². The van der Waals surface area contributed by atoms with Gasteiger partial charge in [0.25, 0.3) is 0 Å². The largest absolute Gasteiger partial charge is 0.358 e. The first-order valence-electron chi connectivity index (χ1n) is 6.02. The third kappa shape index (κ3) is 3.49. The second-order valence-corrected chi connectivity index (χ2v) is 4.97. The fraction of sp³-hybridized carbons (Fsp3) is 0.917. The van der Waals surface area contributed by atoms with Crippen LogP contribution in [-0.2, 0) is 4.79 Å². The minimum atomic E-state index is -0.0689. The molecule has 1 rings (SSSR count). The average molecular weight is 212 g/mol. The molecule has 1 fully saturated rings. The minimum absolute atomic E-state index is 0.0689. The molecule has 0 aromatic heterocycles. The summed E-state index contributed by atoms with van der Waals surface area (Å²) in [5.41, 5.74) is 0. The molecule has 0 saturated heterocycles. The van der Waals surface area contributed by atoms with Crippen molar-refractivity contribution < 1.29 is 4.79 Å².